The third-order valence-corrected chi connectivity index (χ3v) is 7.29. The van der Waals surface area contributed by atoms with Gasteiger partial charge in [-0.1, -0.05) is 49.0 Å². The molecule has 1 amide bonds. The van der Waals surface area contributed by atoms with Crippen molar-refractivity contribution in [3.63, 3.8) is 0 Å². The van der Waals surface area contributed by atoms with Crippen molar-refractivity contribution < 1.29 is 13.9 Å². The standard InChI is InChI=1S/C25H26Cl2FN3O2S.C2H6/c1-34-30-25(32)20-10-19(16-2-3-16)24(11-23(20)28)33-14-15-4-6-31(7-5-15)13-17-8-18(26)9-22(27)21(17)12-29;1-2/h8-11,15-16H,2-7,13-14H2,1H3,(H,30,32);1-2H3. The minimum atomic E-state index is -0.561. The molecule has 0 spiro atoms. The summed E-state index contributed by atoms with van der Waals surface area (Å²) in [6.45, 7) is 6.85. The van der Waals surface area contributed by atoms with Crippen molar-refractivity contribution in [2.24, 2.45) is 5.92 Å². The van der Waals surface area contributed by atoms with Gasteiger partial charge in [-0.15, -0.1) is 0 Å². The smallest absolute Gasteiger partial charge is 0.264 e. The van der Waals surface area contributed by atoms with Crippen molar-refractivity contribution in [3.8, 4) is 11.8 Å². The third-order valence-electron chi connectivity index (χ3n) is 6.38. The van der Waals surface area contributed by atoms with Crippen molar-refractivity contribution in [1.82, 2.24) is 9.62 Å². The van der Waals surface area contributed by atoms with E-state index >= 15 is 0 Å². The molecule has 2 fully saturated rings. The fourth-order valence-electron chi connectivity index (χ4n) is 4.37. The van der Waals surface area contributed by atoms with Crippen molar-refractivity contribution in [2.45, 2.75) is 52.0 Å². The lowest BCUT2D eigenvalue weighted by Crippen LogP contribution is -2.35. The monoisotopic (exact) mass is 551 g/mol. The van der Waals surface area contributed by atoms with Gasteiger partial charge in [-0.05, 0) is 79.9 Å². The van der Waals surface area contributed by atoms with E-state index in [9.17, 15) is 14.4 Å². The normalized spacial score (nSPS) is 16.0. The quantitative estimate of drug-likeness (QED) is 0.351. The van der Waals surface area contributed by atoms with Crippen LogP contribution < -0.4 is 9.46 Å². The van der Waals surface area contributed by atoms with E-state index in [-0.39, 0.29) is 5.56 Å². The number of hydrogen-bond donors (Lipinski definition) is 1. The molecule has 0 radical (unpaired) electrons. The highest BCUT2D eigenvalue weighted by molar-refractivity contribution is 7.97. The zero-order valence-corrected chi connectivity index (χ0v) is 23.2. The number of carbonyl (C=O) groups is 1. The summed E-state index contributed by atoms with van der Waals surface area (Å²) in [4.78, 5) is 14.5. The molecule has 0 bridgehead atoms. The average molecular weight is 553 g/mol. The van der Waals surface area contributed by atoms with Gasteiger partial charge < -0.3 is 4.74 Å². The number of likely N-dealkylation sites (tertiary alicyclic amines) is 1. The minimum absolute atomic E-state index is 0.0646. The van der Waals surface area contributed by atoms with Gasteiger partial charge in [0.2, 0.25) is 0 Å². The Morgan fingerprint density at radius 2 is 1.89 bits per heavy atom. The number of ether oxygens (including phenoxy) is 1. The van der Waals surface area contributed by atoms with Crippen LogP contribution in [-0.4, -0.2) is 36.8 Å². The van der Waals surface area contributed by atoms with E-state index in [4.69, 9.17) is 27.9 Å². The molecule has 0 unspecified atom stereocenters. The minimum Gasteiger partial charge on any atom is -0.493 e. The number of nitrogens with one attached hydrogen (secondary N) is 1. The number of halogens is 3. The van der Waals surface area contributed by atoms with Crippen LogP contribution in [0.1, 0.15) is 72.5 Å². The molecule has 9 heteroatoms. The largest absolute Gasteiger partial charge is 0.493 e. The van der Waals surface area contributed by atoms with Crippen molar-refractivity contribution in [1.29, 1.82) is 5.26 Å². The molecule has 1 N–H and O–H groups in total. The molecule has 0 aromatic heterocycles. The Hall–Kier alpha value is -1.98. The number of hydrogen-bond acceptors (Lipinski definition) is 5. The Morgan fingerprint density at radius 1 is 1.19 bits per heavy atom. The molecule has 1 heterocycles. The summed E-state index contributed by atoms with van der Waals surface area (Å²) < 4.78 is 23.3. The fourth-order valence-corrected chi connectivity index (χ4v) is 5.24. The summed E-state index contributed by atoms with van der Waals surface area (Å²) in [5.41, 5.74) is 2.30. The zero-order chi connectivity index (χ0) is 26.2. The molecule has 1 saturated carbocycles. The van der Waals surface area contributed by atoms with E-state index in [1.807, 2.05) is 13.8 Å². The van der Waals surface area contributed by atoms with Gasteiger partial charge in [0.15, 0.2) is 0 Å². The molecular formula is C27H32Cl2FN3O2S. The Kier molecular flexibility index (Phi) is 10.7. The maximum atomic E-state index is 14.6. The summed E-state index contributed by atoms with van der Waals surface area (Å²) in [6.07, 6.45) is 5.66. The Labute approximate surface area is 227 Å². The number of rotatable bonds is 8. The Morgan fingerprint density at radius 3 is 2.50 bits per heavy atom. The van der Waals surface area contributed by atoms with Gasteiger partial charge in [0, 0.05) is 23.9 Å². The van der Waals surface area contributed by atoms with Crippen LogP contribution in [0.2, 0.25) is 10.0 Å². The van der Waals surface area contributed by atoms with Crippen LogP contribution in [0.3, 0.4) is 0 Å². The van der Waals surface area contributed by atoms with Gasteiger partial charge in [-0.3, -0.25) is 14.4 Å². The second kappa shape index (κ2) is 13.5. The number of amides is 1. The van der Waals surface area contributed by atoms with E-state index in [0.29, 0.717) is 46.3 Å². The summed E-state index contributed by atoms with van der Waals surface area (Å²) in [7, 11) is 0. The van der Waals surface area contributed by atoms with Crippen LogP contribution in [0.4, 0.5) is 4.39 Å². The molecule has 1 aliphatic carbocycles. The van der Waals surface area contributed by atoms with Gasteiger partial charge in [0.25, 0.3) is 5.91 Å². The van der Waals surface area contributed by atoms with E-state index in [1.54, 1.807) is 24.5 Å². The van der Waals surface area contributed by atoms with E-state index in [1.165, 1.54) is 6.07 Å². The first-order chi connectivity index (χ1) is 17.4. The highest BCUT2D eigenvalue weighted by Crippen LogP contribution is 2.45. The Bertz CT molecular complexity index is 1110. The maximum Gasteiger partial charge on any atom is 0.264 e. The lowest BCUT2D eigenvalue weighted by atomic mass is 9.96. The fraction of sp³-hybridized carbons (Fsp3) is 0.481. The van der Waals surface area contributed by atoms with Crippen LogP contribution >= 0.6 is 35.1 Å². The molecule has 1 aliphatic heterocycles. The summed E-state index contributed by atoms with van der Waals surface area (Å²) in [5.74, 6) is 0.248. The van der Waals surface area contributed by atoms with Gasteiger partial charge in [0.05, 0.1) is 22.8 Å². The van der Waals surface area contributed by atoms with Crippen LogP contribution in [0.15, 0.2) is 24.3 Å². The molecule has 2 aliphatic rings. The summed E-state index contributed by atoms with van der Waals surface area (Å²) in [5, 5.41) is 10.3. The Balaban J connectivity index is 0.00000176. The number of nitriles is 1. The number of benzene rings is 2. The summed E-state index contributed by atoms with van der Waals surface area (Å²) in [6, 6.07) is 8.59. The van der Waals surface area contributed by atoms with Crippen molar-refractivity contribution in [3.05, 3.63) is 62.4 Å². The molecule has 0 atom stereocenters. The van der Waals surface area contributed by atoms with E-state index < -0.39 is 11.7 Å². The first kappa shape index (κ1) is 28.6. The van der Waals surface area contributed by atoms with E-state index in [2.05, 4.69) is 15.7 Å². The first-order valence-electron chi connectivity index (χ1n) is 12.3. The predicted octanol–water partition coefficient (Wildman–Crippen LogP) is 7.21. The molecule has 2 aromatic rings. The third kappa shape index (κ3) is 7.29. The zero-order valence-electron chi connectivity index (χ0n) is 20.9. The second-order valence-electron chi connectivity index (χ2n) is 8.84. The molecule has 1 saturated heterocycles. The van der Waals surface area contributed by atoms with Gasteiger partial charge >= 0.3 is 0 Å². The van der Waals surface area contributed by atoms with Gasteiger partial charge in [0.1, 0.15) is 17.6 Å². The molecule has 4 rings (SSSR count). The van der Waals surface area contributed by atoms with Crippen molar-refractivity contribution in [2.75, 3.05) is 26.0 Å². The van der Waals surface area contributed by atoms with Gasteiger partial charge in [-0.25, -0.2) is 4.39 Å². The molecule has 194 valence electrons. The number of nitrogens with zero attached hydrogens (tertiary/aromatic N) is 2. The summed E-state index contributed by atoms with van der Waals surface area (Å²) >= 11 is 13.5. The molecule has 5 nitrogen and oxygen atoms in total. The first-order valence-corrected chi connectivity index (χ1v) is 14.3. The SMILES string of the molecule is CC.CSNC(=O)c1cc(C2CC2)c(OCC2CCN(Cc3cc(Cl)cc(Cl)c3C#N)CC2)cc1F. The number of carbonyl (C=O) groups excluding carboxylic acids is 1. The van der Waals surface area contributed by atoms with Crippen LogP contribution in [-0.2, 0) is 6.54 Å². The highest BCUT2D eigenvalue weighted by atomic mass is 35.5. The topological polar surface area (TPSA) is 65.4 Å². The number of piperidine rings is 1. The van der Waals surface area contributed by atoms with Crippen LogP contribution in [0.5, 0.6) is 5.75 Å². The van der Waals surface area contributed by atoms with Crippen LogP contribution in [0.25, 0.3) is 0 Å². The highest BCUT2D eigenvalue weighted by Gasteiger charge is 2.30. The lowest BCUT2D eigenvalue weighted by Gasteiger charge is -2.32. The molecule has 36 heavy (non-hydrogen) atoms. The average Bonchev–Trinajstić information content (AvgIpc) is 3.70. The molecule has 2 aromatic carbocycles. The second-order valence-corrected chi connectivity index (χ2v) is 10.3. The maximum absolute atomic E-state index is 14.6. The van der Waals surface area contributed by atoms with Gasteiger partial charge in [-0.2, -0.15) is 5.26 Å². The van der Waals surface area contributed by atoms with Crippen LogP contribution in [0, 0.1) is 23.1 Å². The lowest BCUT2D eigenvalue weighted by molar-refractivity contribution is 0.0980. The predicted molar refractivity (Wildman–Crippen MR) is 145 cm³/mol. The molecular weight excluding hydrogens is 520 g/mol. The van der Waals surface area contributed by atoms with Crippen molar-refractivity contribution >= 4 is 41.1 Å². The van der Waals surface area contributed by atoms with E-state index in [0.717, 1.165) is 61.8 Å².